The zero-order valence-electron chi connectivity index (χ0n) is 28.5. The Labute approximate surface area is 315 Å². The predicted molar refractivity (Wildman–Crippen MR) is 179 cm³/mol. The molecule has 0 aliphatic carbocycles. The van der Waals surface area contributed by atoms with Crippen LogP contribution in [0.15, 0.2) is 49.8 Å². The van der Waals surface area contributed by atoms with Gasteiger partial charge in [-0.25, -0.2) is 38.2 Å². The third kappa shape index (κ3) is 7.63. The highest BCUT2D eigenvalue weighted by molar-refractivity contribution is 7.70. The molecule has 2 fully saturated rings. The molecule has 0 bridgehead atoms. The average molecular weight is 884 g/mol. The van der Waals surface area contributed by atoms with Gasteiger partial charge in [0.25, 0.3) is 0 Å². The third-order valence-corrected chi connectivity index (χ3v) is 15.0. The van der Waals surface area contributed by atoms with Gasteiger partial charge in [-0.3, -0.25) is 26.9 Å². The number of hydrogen-bond acceptors (Lipinski definition) is 23. The summed E-state index contributed by atoms with van der Waals surface area (Å²) in [6.45, 7) is 0. The maximum absolute atomic E-state index is 13.3. The van der Waals surface area contributed by atoms with Crippen molar-refractivity contribution in [2.24, 2.45) is 0 Å². The van der Waals surface area contributed by atoms with Gasteiger partial charge >= 0.3 is 31.3 Å². The summed E-state index contributed by atoms with van der Waals surface area (Å²) in [6, 6.07) is 0. The van der Waals surface area contributed by atoms with E-state index in [0.717, 1.165) is 0 Å². The zero-order valence-corrected chi connectivity index (χ0v) is 32.1. The van der Waals surface area contributed by atoms with E-state index >= 15 is 0 Å². The molecule has 2 aliphatic heterocycles. The number of fused-ring (bicyclic) bond motifs is 6. The van der Waals surface area contributed by atoms with Crippen LogP contribution in [0.25, 0.3) is 33.9 Å². The first kappa shape index (κ1) is 40.3. The lowest BCUT2D eigenvalue weighted by molar-refractivity contribution is -0.135. The molecule has 308 valence electrons. The highest BCUT2D eigenvalue weighted by Gasteiger charge is 2.54. The molecule has 2 aliphatic rings. The largest absolute Gasteiger partial charge is 0.490 e. The van der Waals surface area contributed by atoms with Crippen LogP contribution in [0, 0.1) is 0 Å². The summed E-state index contributed by atoms with van der Waals surface area (Å²) >= 11 is 0. The van der Waals surface area contributed by atoms with E-state index in [9.17, 15) is 48.5 Å². The maximum atomic E-state index is 13.3. The summed E-state index contributed by atoms with van der Waals surface area (Å²) in [5, 5.41) is 42.7. The molecule has 12 atom stereocenters. The first-order chi connectivity index (χ1) is 26.9. The number of phosphoric ester groups is 2. The molecule has 6 aromatic heterocycles. The lowest BCUT2D eigenvalue weighted by Crippen LogP contribution is -2.32. The first-order valence-corrected chi connectivity index (χ1v) is 21.7. The molecule has 4 unspecified atom stereocenters. The van der Waals surface area contributed by atoms with Gasteiger partial charge in [0.15, 0.2) is 36.3 Å². The summed E-state index contributed by atoms with van der Waals surface area (Å²) in [5.41, 5.74) is 1.37. The maximum Gasteiger partial charge on any atom is 0.490 e. The summed E-state index contributed by atoms with van der Waals surface area (Å²) in [4.78, 5) is 45.4. The summed E-state index contributed by atoms with van der Waals surface area (Å²) < 4.78 is 101. The topological polar surface area (TPSA) is 369 Å². The quantitative estimate of drug-likeness (QED) is 0.0791. The molecule has 57 heavy (non-hydrogen) atoms. The Hall–Kier alpha value is -3.50. The van der Waals surface area contributed by atoms with Crippen molar-refractivity contribution in [2.45, 2.75) is 49.5 Å². The van der Waals surface area contributed by atoms with E-state index in [-0.39, 0.29) is 11.3 Å². The van der Waals surface area contributed by atoms with Gasteiger partial charge in [-0.2, -0.15) is 22.9 Å². The monoisotopic (exact) mass is 884 g/mol. The van der Waals surface area contributed by atoms with Crippen LogP contribution < -0.4 is 0 Å². The number of rotatable bonds is 14. The van der Waals surface area contributed by atoms with Gasteiger partial charge in [0.05, 0.1) is 12.7 Å². The van der Waals surface area contributed by atoms with Crippen LogP contribution in [0.2, 0.25) is 0 Å². The molecule has 0 radical (unpaired) electrons. The van der Waals surface area contributed by atoms with Crippen LogP contribution in [-0.2, 0) is 58.8 Å². The Morgan fingerprint density at radius 2 is 1.02 bits per heavy atom. The summed E-state index contributed by atoms with van der Waals surface area (Å²) in [5.74, 6) is 0.638. The lowest BCUT2D eigenvalue weighted by atomic mass is 10.2. The van der Waals surface area contributed by atoms with Crippen molar-refractivity contribution in [2.75, 3.05) is 14.2 Å². The van der Waals surface area contributed by atoms with Crippen molar-refractivity contribution in [3.05, 3.63) is 49.8 Å². The molecule has 29 nitrogen and oxygen atoms in total. The molecular formula is C24H28N10O19P4. The predicted octanol–water partition coefficient (Wildman–Crippen LogP) is 0.118. The van der Waals surface area contributed by atoms with Gasteiger partial charge < -0.3 is 48.8 Å². The van der Waals surface area contributed by atoms with E-state index in [0.29, 0.717) is 36.8 Å². The fourth-order valence-corrected chi connectivity index (χ4v) is 11.4. The van der Waals surface area contributed by atoms with Gasteiger partial charge in [-0.15, -0.1) is 0 Å². The van der Waals surface area contributed by atoms with Crippen LogP contribution in [-0.4, -0.2) is 129 Å². The number of imidazole rings is 4. The average Bonchev–Trinajstić information content (AvgIpc) is 4.00. The first-order valence-electron chi connectivity index (χ1n) is 15.7. The van der Waals surface area contributed by atoms with Gasteiger partial charge in [0.1, 0.15) is 35.4 Å². The normalized spacial score (nSPS) is 29.9. The minimum absolute atomic E-state index is 0.274. The Bertz CT molecular complexity index is 2490. The Balaban J connectivity index is 0.916. The second-order valence-corrected chi connectivity index (χ2v) is 18.7. The van der Waals surface area contributed by atoms with Crippen LogP contribution in [0.5, 0.6) is 0 Å². The minimum Gasteiger partial charge on any atom is -0.385 e. The van der Waals surface area contributed by atoms with Gasteiger partial charge in [0, 0.05) is 51.4 Å². The molecule has 8 heterocycles. The van der Waals surface area contributed by atoms with Crippen LogP contribution >= 0.6 is 31.3 Å². The van der Waals surface area contributed by atoms with Crippen molar-refractivity contribution in [1.82, 2.24) is 47.8 Å². The molecule has 0 amide bonds. The smallest absolute Gasteiger partial charge is 0.385 e. The molecule has 2 saturated heterocycles. The van der Waals surface area contributed by atoms with Crippen molar-refractivity contribution < 1.29 is 89.0 Å². The highest BCUT2D eigenvalue weighted by atomic mass is 31.3. The number of aliphatic hydroxyl groups excluding tert-OH is 4. The van der Waals surface area contributed by atoms with E-state index in [1.807, 2.05) is 0 Å². The molecule has 6 N–H and O–H groups in total. The number of hydrogen-bond donors (Lipinski definition) is 6. The molecule has 6 aromatic rings. The minimum atomic E-state index is -6.14. The Morgan fingerprint density at radius 1 is 0.614 bits per heavy atom. The van der Waals surface area contributed by atoms with Crippen molar-refractivity contribution in [3.63, 3.8) is 0 Å². The van der Waals surface area contributed by atoms with Gasteiger partial charge in [-0.05, 0) is 0 Å². The number of phosphoric acid groups is 4. The third-order valence-electron chi connectivity index (χ3n) is 8.30. The van der Waals surface area contributed by atoms with Crippen LogP contribution in [0.4, 0.5) is 0 Å². The van der Waals surface area contributed by atoms with E-state index in [4.69, 9.17) is 18.5 Å². The lowest BCUT2D eigenvalue weighted by Gasteiger charge is -2.25. The fraction of sp³-hybridized carbons (Fsp3) is 0.417. The highest BCUT2D eigenvalue weighted by Crippen LogP contribution is 2.73. The van der Waals surface area contributed by atoms with E-state index in [2.05, 4.69) is 51.9 Å². The van der Waals surface area contributed by atoms with Crippen molar-refractivity contribution in [1.29, 1.82) is 0 Å². The fourth-order valence-electron chi connectivity index (χ4n) is 5.73. The van der Waals surface area contributed by atoms with E-state index in [1.54, 1.807) is 21.2 Å². The summed E-state index contributed by atoms with van der Waals surface area (Å²) in [7, 11) is -21.9. The standard InChI is InChI=1S/C24H28N10O19P4/c1-45-56(43,49-21-15(37)13(35)19(47-21)31-7-11-17(27-9-31)29-23-25-3-5-33(11)23)52-54(39,40)51-55(41,42)53-57(44,46-2)50-22-16(38)14(36)20(48-22)32-8-12-18(28-10-32)30-24-26-4-6-34(12)24/h3-10,13-16,19-22,35-38H,1-2H3,(H,39,40)(H,41,42)/t13-,14-,15+,16+,19-,20-,21-,22-,56?,57?/m1/s1. The Morgan fingerprint density at radius 3 is 1.40 bits per heavy atom. The van der Waals surface area contributed by atoms with Crippen LogP contribution in [0.1, 0.15) is 12.5 Å². The molecule has 33 heteroatoms. The number of aliphatic hydroxyl groups is 4. The van der Waals surface area contributed by atoms with Crippen molar-refractivity contribution >= 4 is 65.2 Å². The molecule has 8 rings (SSSR count). The number of ether oxygens (including phenoxy) is 2. The Kier molecular flexibility index (Phi) is 10.4. The van der Waals surface area contributed by atoms with E-state index < -0.39 is 80.7 Å². The van der Waals surface area contributed by atoms with Gasteiger partial charge in [-0.1, -0.05) is 0 Å². The second kappa shape index (κ2) is 14.6. The molecule has 0 aromatic carbocycles. The number of aromatic nitrogens is 10. The van der Waals surface area contributed by atoms with Crippen LogP contribution in [0.3, 0.4) is 0 Å². The SMILES string of the molecule is COP(=O)(O[C@H]1O[C@@H](n2cnc3nc4nccn4c3c2)[C@H](O)[C@@H]1O)OP(=O)(O)OP(=O)(O)OP(=O)(OC)O[C@H]1O[C@@H](n2cnc3nc4nccn4c3c2)[C@H](O)[C@@H]1O. The van der Waals surface area contributed by atoms with Gasteiger partial charge in [0.2, 0.25) is 11.6 Å². The number of nitrogens with zero attached hydrogens (tertiary/aromatic N) is 10. The molecule has 0 saturated carbocycles. The molecular weight excluding hydrogens is 856 g/mol. The van der Waals surface area contributed by atoms with E-state index in [1.165, 1.54) is 46.6 Å². The molecule has 0 spiro atoms. The zero-order chi connectivity index (χ0) is 40.7. The second-order valence-electron chi connectivity index (χ2n) is 11.9. The summed E-state index contributed by atoms with van der Waals surface area (Å²) in [6.07, 6.45) is -3.48. The van der Waals surface area contributed by atoms with Crippen molar-refractivity contribution in [3.8, 4) is 0 Å².